The van der Waals surface area contributed by atoms with Gasteiger partial charge >= 0.3 is 5.97 Å². The molecule has 0 bridgehead atoms. The first kappa shape index (κ1) is 16.0. The number of carboxylic acids is 1. The second kappa shape index (κ2) is 6.42. The van der Waals surface area contributed by atoms with E-state index in [1.807, 2.05) is 0 Å². The summed E-state index contributed by atoms with van der Waals surface area (Å²) in [5.41, 5.74) is -1.58. The van der Waals surface area contributed by atoms with Crippen LogP contribution in [0.2, 0.25) is 0 Å². The Bertz CT molecular complexity index is 517. The van der Waals surface area contributed by atoms with E-state index < -0.39 is 35.5 Å². The zero-order valence-electron chi connectivity index (χ0n) is 10.8. The first-order valence-electron chi connectivity index (χ1n) is 5.84. The van der Waals surface area contributed by atoms with Gasteiger partial charge in [-0.1, -0.05) is 6.07 Å². The number of carbonyl (C=O) groups excluding carboxylic acids is 1. The van der Waals surface area contributed by atoms with Gasteiger partial charge in [-0.25, -0.2) is 8.78 Å². The van der Waals surface area contributed by atoms with Crippen LogP contribution in [0.1, 0.15) is 18.9 Å². The molecule has 0 fully saturated rings. The summed E-state index contributed by atoms with van der Waals surface area (Å²) in [7, 11) is 0. The smallest absolute Gasteiger partial charge is 0.306 e. The molecule has 1 atom stereocenters. The molecule has 0 radical (unpaired) electrons. The summed E-state index contributed by atoms with van der Waals surface area (Å²) in [5, 5.41) is 20.5. The molecule has 3 N–H and O–H groups in total. The van der Waals surface area contributed by atoms with Crippen LogP contribution < -0.4 is 5.32 Å². The molecule has 7 heteroatoms. The van der Waals surface area contributed by atoms with Gasteiger partial charge in [0.05, 0.1) is 18.4 Å². The number of carbonyl (C=O) groups is 2. The maximum absolute atomic E-state index is 13.3. The first-order valence-corrected chi connectivity index (χ1v) is 5.84. The number of rotatable bonds is 6. The standard InChI is InChI=1S/C13H15F2NO4/c1-13(20,6-12(18)19)7-16-11(17)4-8-2-3-9(14)5-10(8)15/h2-3,5,20H,4,6-7H2,1H3,(H,16,17)(H,18,19). The molecule has 0 saturated carbocycles. The van der Waals surface area contributed by atoms with Crippen molar-refractivity contribution in [1.29, 1.82) is 0 Å². The fourth-order valence-corrected chi connectivity index (χ4v) is 1.58. The minimum absolute atomic E-state index is 0.0155. The lowest BCUT2D eigenvalue weighted by Crippen LogP contribution is -2.42. The van der Waals surface area contributed by atoms with Crippen LogP contribution in [0.5, 0.6) is 0 Å². The minimum atomic E-state index is -1.59. The molecule has 110 valence electrons. The number of benzene rings is 1. The molecule has 1 aromatic carbocycles. The van der Waals surface area contributed by atoms with Crippen LogP contribution in [-0.2, 0) is 16.0 Å². The van der Waals surface area contributed by atoms with Gasteiger partial charge in [0, 0.05) is 12.6 Å². The van der Waals surface area contributed by atoms with Crippen molar-refractivity contribution in [3.8, 4) is 0 Å². The highest BCUT2D eigenvalue weighted by Gasteiger charge is 2.24. The van der Waals surface area contributed by atoms with Gasteiger partial charge in [0.25, 0.3) is 0 Å². The van der Waals surface area contributed by atoms with Crippen molar-refractivity contribution in [1.82, 2.24) is 5.32 Å². The normalized spacial score (nSPS) is 13.6. The van der Waals surface area contributed by atoms with Crippen LogP contribution in [-0.4, -0.2) is 34.2 Å². The van der Waals surface area contributed by atoms with Crippen molar-refractivity contribution >= 4 is 11.9 Å². The van der Waals surface area contributed by atoms with Gasteiger partial charge in [-0.15, -0.1) is 0 Å². The van der Waals surface area contributed by atoms with Crippen molar-refractivity contribution in [3.63, 3.8) is 0 Å². The molecular weight excluding hydrogens is 272 g/mol. The molecule has 0 heterocycles. The lowest BCUT2D eigenvalue weighted by atomic mass is 10.0. The number of nitrogens with one attached hydrogen (secondary N) is 1. The van der Waals surface area contributed by atoms with E-state index in [1.165, 1.54) is 6.92 Å². The van der Waals surface area contributed by atoms with Crippen molar-refractivity contribution < 1.29 is 28.6 Å². The van der Waals surface area contributed by atoms with Crippen molar-refractivity contribution in [2.24, 2.45) is 0 Å². The first-order chi connectivity index (χ1) is 9.19. The van der Waals surface area contributed by atoms with E-state index in [0.717, 1.165) is 12.1 Å². The summed E-state index contributed by atoms with van der Waals surface area (Å²) in [6.45, 7) is 0.987. The highest BCUT2D eigenvalue weighted by atomic mass is 19.1. The number of hydrogen-bond acceptors (Lipinski definition) is 3. The van der Waals surface area contributed by atoms with Gasteiger partial charge < -0.3 is 15.5 Å². The van der Waals surface area contributed by atoms with E-state index in [1.54, 1.807) is 0 Å². The van der Waals surface area contributed by atoms with E-state index >= 15 is 0 Å². The predicted molar refractivity (Wildman–Crippen MR) is 65.9 cm³/mol. The van der Waals surface area contributed by atoms with Crippen LogP contribution in [0.25, 0.3) is 0 Å². The Labute approximate surface area is 114 Å². The van der Waals surface area contributed by atoms with Gasteiger partial charge in [0.15, 0.2) is 0 Å². The van der Waals surface area contributed by atoms with Crippen LogP contribution in [0.3, 0.4) is 0 Å². The molecule has 0 aromatic heterocycles. The number of aliphatic carboxylic acids is 1. The van der Waals surface area contributed by atoms with Gasteiger partial charge in [-0.2, -0.15) is 0 Å². The molecule has 1 rings (SSSR count). The van der Waals surface area contributed by atoms with Crippen LogP contribution >= 0.6 is 0 Å². The Hall–Kier alpha value is -2.02. The van der Waals surface area contributed by atoms with Gasteiger partial charge in [-0.3, -0.25) is 9.59 Å². The van der Waals surface area contributed by atoms with Gasteiger partial charge in [0.1, 0.15) is 11.6 Å². The van der Waals surface area contributed by atoms with Crippen molar-refractivity contribution in [2.75, 3.05) is 6.54 Å². The second-order valence-corrected chi connectivity index (χ2v) is 4.76. The minimum Gasteiger partial charge on any atom is -0.481 e. The summed E-state index contributed by atoms with van der Waals surface area (Å²) in [5.74, 6) is -3.37. The highest BCUT2D eigenvalue weighted by molar-refractivity contribution is 5.78. The highest BCUT2D eigenvalue weighted by Crippen LogP contribution is 2.11. The van der Waals surface area contributed by atoms with E-state index in [9.17, 15) is 23.5 Å². The Kier molecular flexibility index (Phi) is 5.15. The fraction of sp³-hybridized carbons (Fsp3) is 0.385. The zero-order valence-corrected chi connectivity index (χ0v) is 10.8. The largest absolute Gasteiger partial charge is 0.481 e. The Morgan fingerprint density at radius 1 is 1.35 bits per heavy atom. The molecule has 1 unspecified atom stereocenters. The van der Waals surface area contributed by atoms with Crippen molar-refractivity contribution in [3.05, 3.63) is 35.4 Å². The third-order valence-electron chi connectivity index (χ3n) is 2.56. The average molecular weight is 287 g/mol. The maximum atomic E-state index is 13.3. The number of aliphatic hydroxyl groups is 1. The lowest BCUT2D eigenvalue weighted by molar-refractivity contribution is -0.142. The van der Waals surface area contributed by atoms with Crippen molar-refractivity contribution in [2.45, 2.75) is 25.4 Å². The third kappa shape index (κ3) is 5.31. The third-order valence-corrected chi connectivity index (χ3v) is 2.56. The number of amides is 1. The quantitative estimate of drug-likeness (QED) is 0.724. The van der Waals surface area contributed by atoms with E-state index in [0.29, 0.717) is 6.07 Å². The van der Waals surface area contributed by atoms with E-state index in [-0.39, 0.29) is 18.5 Å². The SMILES string of the molecule is CC(O)(CNC(=O)Cc1ccc(F)cc1F)CC(=O)O. The molecule has 0 saturated heterocycles. The molecule has 0 aliphatic heterocycles. The number of halogens is 2. The number of hydrogen-bond donors (Lipinski definition) is 3. The molecule has 1 aromatic rings. The molecule has 0 spiro atoms. The zero-order chi connectivity index (χ0) is 15.3. The summed E-state index contributed by atoms with van der Waals surface area (Å²) in [6, 6.07) is 2.86. The summed E-state index contributed by atoms with van der Waals surface area (Å²) < 4.78 is 26.0. The monoisotopic (exact) mass is 287 g/mol. The summed E-state index contributed by atoms with van der Waals surface area (Å²) in [6.07, 6.45) is -0.854. The Balaban J connectivity index is 2.54. The fourth-order valence-electron chi connectivity index (χ4n) is 1.58. The molecule has 0 aliphatic rings. The lowest BCUT2D eigenvalue weighted by Gasteiger charge is -2.21. The molecule has 20 heavy (non-hydrogen) atoms. The van der Waals surface area contributed by atoms with E-state index in [2.05, 4.69) is 5.32 Å². The molecule has 0 aliphatic carbocycles. The predicted octanol–water partition coefficient (Wildman–Crippen LogP) is 0.849. The van der Waals surface area contributed by atoms with Gasteiger partial charge in [-0.05, 0) is 18.6 Å². The van der Waals surface area contributed by atoms with Crippen LogP contribution in [0.4, 0.5) is 8.78 Å². The van der Waals surface area contributed by atoms with Gasteiger partial charge in [0.2, 0.25) is 5.91 Å². The van der Waals surface area contributed by atoms with Crippen LogP contribution in [0.15, 0.2) is 18.2 Å². The second-order valence-electron chi connectivity index (χ2n) is 4.76. The topological polar surface area (TPSA) is 86.6 Å². The Morgan fingerprint density at radius 3 is 2.55 bits per heavy atom. The average Bonchev–Trinajstić information content (AvgIpc) is 2.29. The van der Waals surface area contributed by atoms with E-state index in [4.69, 9.17) is 5.11 Å². The van der Waals surface area contributed by atoms with Crippen LogP contribution in [0, 0.1) is 11.6 Å². The summed E-state index contributed by atoms with van der Waals surface area (Å²) in [4.78, 5) is 22.0. The Morgan fingerprint density at radius 2 is 2.00 bits per heavy atom. The molecular formula is C13H15F2NO4. The summed E-state index contributed by atoms with van der Waals surface area (Å²) >= 11 is 0. The molecule has 1 amide bonds. The molecule has 5 nitrogen and oxygen atoms in total. The maximum Gasteiger partial charge on any atom is 0.306 e. The number of carboxylic acid groups (broad SMARTS) is 1.